The van der Waals surface area contributed by atoms with Gasteiger partial charge in [-0.25, -0.2) is 9.59 Å². The number of carboxylic acids is 2. The van der Waals surface area contributed by atoms with Crippen LogP contribution in [0.15, 0.2) is 85.0 Å². The molecule has 0 fully saturated rings. The van der Waals surface area contributed by atoms with Crippen molar-refractivity contribution in [3.05, 3.63) is 85.0 Å². The Hall–Kier alpha value is -3.40. The fraction of sp³-hybridized carbons (Fsp3) is 0.286. The summed E-state index contributed by atoms with van der Waals surface area (Å²) in [4.78, 5) is 41.7. The maximum atomic E-state index is 10.9. The van der Waals surface area contributed by atoms with E-state index >= 15 is 0 Å². The Labute approximate surface area is 228 Å². The number of esters is 2. The Morgan fingerprint density at radius 1 is 0.649 bits per heavy atom. The number of carboxylic acid groups (broad SMARTS) is 2. The van der Waals surface area contributed by atoms with E-state index in [0.717, 1.165) is 12.2 Å². The zero-order chi connectivity index (χ0) is 27.7. The molecule has 0 atom stereocenters. The first-order chi connectivity index (χ1) is 17.8. The number of unbranched alkanes of at least 4 members (excludes halogenated alkanes) is 2. The molecule has 0 saturated heterocycles. The van der Waals surface area contributed by atoms with Crippen molar-refractivity contribution in [2.24, 2.45) is 0 Å². The van der Waals surface area contributed by atoms with Gasteiger partial charge in [0.15, 0.2) is 0 Å². The van der Waals surface area contributed by atoms with E-state index in [1.54, 1.807) is 69.5 Å². The van der Waals surface area contributed by atoms with Crippen LogP contribution in [0.1, 0.15) is 39.5 Å². The van der Waals surface area contributed by atoms with Crippen LogP contribution in [-0.2, 0) is 19.2 Å². The van der Waals surface area contributed by atoms with Gasteiger partial charge >= 0.3 is 81.5 Å². The third kappa shape index (κ3) is 22.8. The second-order valence-corrected chi connectivity index (χ2v) is 11.5. The predicted molar refractivity (Wildman–Crippen MR) is 138 cm³/mol. The molecule has 0 spiro atoms. The molecule has 0 unspecified atom stereocenters. The average Bonchev–Trinajstić information content (AvgIpc) is 2.88. The number of carbonyl (C=O) groups excluding carboxylic acids is 4. The van der Waals surface area contributed by atoms with Crippen LogP contribution in [0.25, 0.3) is 0 Å². The van der Waals surface area contributed by atoms with E-state index in [0.29, 0.717) is 23.7 Å². The van der Waals surface area contributed by atoms with Crippen molar-refractivity contribution < 1.29 is 38.9 Å². The van der Waals surface area contributed by atoms with Crippen LogP contribution in [0.5, 0.6) is 11.5 Å². The van der Waals surface area contributed by atoms with Crippen molar-refractivity contribution in [3.63, 3.8) is 0 Å². The smallest absolute Gasteiger partial charge is 0.336 e. The summed E-state index contributed by atoms with van der Waals surface area (Å²) in [6, 6.07) is 16.7. The maximum absolute atomic E-state index is 10.9. The van der Waals surface area contributed by atoms with E-state index in [9.17, 15) is 29.4 Å². The Kier molecular flexibility index (Phi) is 20.9. The monoisotopic (exact) mass is 616 g/mol. The van der Waals surface area contributed by atoms with Crippen LogP contribution in [-0.4, -0.2) is 45.0 Å². The second kappa shape index (κ2) is 23.0. The van der Waals surface area contributed by atoms with E-state index in [1.165, 1.54) is 25.7 Å². The van der Waals surface area contributed by atoms with Gasteiger partial charge in [0, 0.05) is 12.2 Å². The summed E-state index contributed by atoms with van der Waals surface area (Å²) < 4.78 is 12.7. The van der Waals surface area contributed by atoms with Gasteiger partial charge in [-0.3, -0.25) is 0 Å². The molecule has 37 heavy (non-hydrogen) atoms. The van der Waals surface area contributed by atoms with Gasteiger partial charge in [-0.15, -0.1) is 0 Å². The van der Waals surface area contributed by atoms with E-state index in [1.807, 2.05) is 0 Å². The van der Waals surface area contributed by atoms with Gasteiger partial charge in [0.2, 0.25) is 0 Å². The second-order valence-electron chi connectivity index (χ2n) is 7.23. The van der Waals surface area contributed by atoms with Crippen molar-refractivity contribution in [3.8, 4) is 11.5 Å². The van der Waals surface area contributed by atoms with Gasteiger partial charge in [0.1, 0.15) is 11.5 Å². The van der Waals surface area contributed by atoms with Gasteiger partial charge in [-0.1, -0.05) is 36.4 Å². The minimum absolute atomic E-state index is 0.149. The zero-order valence-corrected chi connectivity index (χ0v) is 23.9. The molecule has 0 amide bonds. The number of para-hydroxylation sites is 2. The standard InChI is InChI=1S/2C10H8O4.2C4H9.Sn/c2*11-9(12)6-7-10(13)14-8-4-2-1-3-5-8;2*1-3-4-2;/h2*1-7H,(H,11,12);2*1,3-4H2,2H3;/q;;;;+2/p-2/b2*7-6-;;;. The number of benzene rings is 2. The summed E-state index contributed by atoms with van der Waals surface area (Å²) in [5.74, 6) is -3.65. The first kappa shape index (κ1) is 33.6. The molecule has 0 heterocycles. The minimum atomic E-state index is -1.44. The molecule has 0 radical (unpaired) electrons. The molecular weight excluding hydrogens is 583 g/mol. The van der Waals surface area contributed by atoms with Crippen LogP contribution < -0.4 is 19.7 Å². The van der Waals surface area contributed by atoms with Crippen LogP contribution in [0, 0.1) is 0 Å². The SMILES string of the molecule is CCC[CH2][Sn+2][CH2]CCC.O=C([O-])/C=C\C(=O)Oc1ccccc1.O=C([O-])/C=C\C(=O)Oc1ccccc1. The van der Waals surface area contributed by atoms with E-state index < -0.39 is 23.9 Å². The Balaban J connectivity index is 0.000000541. The zero-order valence-electron chi connectivity index (χ0n) is 21.1. The van der Waals surface area contributed by atoms with E-state index in [4.69, 9.17) is 9.47 Å². The number of ether oxygens (including phenoxy) is 2. The molecule has 0 aromatic heterocycles. The Morgan fingerprint density at radius 2 is 1.00 bits per heavy atom. The molecule has 0 bridgehead atoms. The van der Waals surface area contributed by atoms with E-state index in [-0.39, 0.29) is 21.1 Å². The predicted octanol–water partition coefficient (Wildman–Crippen LogP) is 2.92. The van der Waals surface area contributed by atoms with Crippen molar-refractivity contribution in [2.45, 2.75) is 48.4 Å². The first-order valence-electron chi connectivity index (χ1n) is 11.8. The molecule has 8 nitrogen and oxygen atoms in total. The van der Waals surface area contributed by atoms with Gasteiger partial charge in [-0.2, -0.15) is 0 Å². The number of rotatable bonds is 12. The maximum Gasteiger partial charge on any atom is 0.336 e. The van der Waals surface area contributed by atoms with Crippen molar-refractivity contribution in [1.82, 2.24) is 0 Å². The normalized spacial score (nSPS) is 9.78. The van der Waals surface area contributed by atoms with Crippen molar-refractivity contribution in [2.75, 3.05) is 0 Å². The average molecular weight is 615 g/mol. The number of hydrogen-bond donors (Lipinski definition) is 0. The molecule has 2 rings (SSSR count). The Morgan fingerprint density at radius 3 is 1.30 bits per heavy atom. The van der Waals surface area contributed by atoms with Gasteiger partial charge in [0.05, 0.1) is 11.9 Å². The molecular formula is C28H32O8Sn. The molecule has 2 aromatic rings. The third-order valence-corrected chi connectivity index (χ3v) is 8.08. The first-order valence-corrected chi connectivity index (χ1v) is 15.8. The van der Waals surface area contributed by atoms with Crippen LogP contribution in [0.4, 0.5) is 0 Å². The van der Waals surface area contributed by atoms with E-state index in [2.05, 4.69) is 13.8 Å². The topological polar surface area (TPSA) is 133 Å². The fourth-order valence-corrected chi connectivity index (χ4v) is 6.44. The molecule has 9 heteroatoms. The van der Waals surface area contributed by atoms with Gasteiger partial charge in [-0.05, 0) is 36.4 Å². The molecule has 2 aromatic carbocycles. The molecule has 0 aliphatic rings. The summed E-state index contributed by atoms with van der Waals surface area (Å²) in [5, 5.41) is 19.9. The molecule has 0 N–H and O–H groups in total. The number of hydrogen-bond acceptors (Lipinski definition) is 8. The summed E-state index contributed by atoms with van der Waals surface area (Å²) in [7, 11) is 0. The summed E-state index contributed by atoms with van der Waals surface area (Å²) in [5.41, 5.74) is 0. The van der Waals surface area contributed by atoms with Gasteiger partial charge in [0.25, 0.3) is 0 Å². The Bertz CT molecular complexity index is 893. The van der Waals surface area contributed by atoms with Gasteiger partial charge < -0.3 is 29.3 Å². The third-order valence-electron chi connectivity index (χ3n) is 4.05. The minimum Gasteiger partial charge on any atom is -0.545 e. The van der Waals surface area contributed by atoms with Crippen molar-refractivity contribution >= 4 is 45.0 Å². The number of carbonyl (C=O) groups is 4. The molecule has 0 aliphatic carbocycles. The van der Waals surface area contributed by atoms with Crippen molar-refractivity contribution in [1.29, 1.82) is 0 Å². The molecule has 0 aliphatic heterocycles. The molecule has 196 valence electrons. The van der Waals surface area contributed by atoms with Crippen LogP contribution in [0.2, 0.25) is 8.87 Å². The largest absolute Gasteiger partial charge is 0.545 e. The number of aliphatic carboxylic acids is 2. The van der Waals surface area contributed by atoms with Crippen LogP contribution >= 0.6 is 0 Å². The summed E-state index contributed by atoms with van der Waals surface area (Å²) >= 11 is 0.149. The summed E-state index contributed by atoms with van der Waals surface area (Å²) in [6.45, 7) is 4.58. The molecule has 0 saturated carbocycles. The summed E-state index contributed by atoms with van der Waals surface area (Å²) in [6.07, 6.45) is 8.66. The fourth-order valence-electron chi connectivity index (χ4n) is 2.28. The quantitative estimate of drug-likeness (QED) is 0.117. The van der Waals surface area contributed by atoms with Crippen LogP contribution in [0.3, 0.4) is 0 Å².